The summed E-state index contributed by atoms with van der Waals surface area (Å²) in [5.41, 5.74) is 0.604. The molecule has 0 aliphatic rings. The summed E-state index contributed by atoms with van der Waals surface area (Å²) in [6.07, 6.45) is -0.132. The molecule has 0 aliphatic carbocycles. The van der Waals surface area contributed by atoms with Crippen molar-refractivity contribution in [1.29, 1.82) is 0 Å². The van der Waals surface area contributed by atoms with Crippen LogP contribution in [0.4, 0.5) is 0 Å². The zero-order chi connectivity index (χ0) is 12.3. The number of hydrogen-bond donors (Lipinski definition) is 2. The summed E-state index contributed by atoms with van der Waals surface area (Å²) in [5.74, 6) is -0.240. The monoisotopic (exact) mass is 242 g/mol. The molecule has 0 aliphatic heterocycles. The molecule has 1 aromatic carbocycles. The number of ketones is 1. The first-order chi connectivity index (χ1) is 7.30. The van der Waals surface area contributed by atoms with E-state index in [4.69, 9.17) is 9.79 Å². The largest absolute Gasteiger partial charge is 0.328 e. The van der Waals surface area contributed by atoms with Gasteiger partial charge in [-0.2, -0.15) is 0 Å². The summed E-state index contributed by atoms with van der Waals surface area (Å²) < 4.78 is 10.9. The quantitative estimate of drug-likeness (QED) is 0.626. The van der Waals surface area contributed by atoms with E-state index in [-0.39, 0.29) is 12.2 Å². The molecule has 4 nitrogen and oxygen atoms in total. The van der Waals surface area contributed by atoms with Crippen LogP contribution in [0.25, 0.3) is 0 Å². The van der Waals surface area contributed by atoms with Crippen molar-refractivity contribution in [2.45, 2.75) is 25.9 Å². The minimum absolute atomic E-state index is 0.132. The lowest BCUT2D eigenvalue weighted by molar-refractivity contribution is 0.0979. The van der Waals surface area contributed by atoms with Gasteiger partial charge in [0.2, 0.25) is 0 Å². The molecular weight excluding hydrogens is 227 g/mol. The SMILES string of the molecule is Cc1ccc(C(=O)CC(C)P(=O)(O)O)cc1. The van der Waals surface area contributed by atoms with Crippen molar-refractivity contribution in [3.05, 3.63) is 35.4 Å². The Morgan fingerprint density at radius 1 is 1.31 bits per heavy atom. The Bertz CT molecular complexity index is 418. The number of aryl methyl sites for hydroxylation is 1. The van der Waals surface area contributed by atoms with E-state index in [1.807, 2.05) is 6.92 Å². The number of carbonyl (C=O) groups excluding carboxylic acids is 1. The predicted molar refractivity (Wildman–Crippen MR) is 61.6 cm³/mol. The molecule has 1 atom stereocenters. The molecule has 0 bridgehead atoms. The van der Waals surface area contributed by atoms with Gasteiger partial charge >= 0.3 is 7.60 Å². The first kappa shape index (κ1) is 13.1. The molecule has 1 unspecified atom stereocenters. The number of benzene rings is 1. The third kappa shape index (κ3) is 3.56. The van der Waals surface area contributed by atoms with Crippen LogP contribution >= 0.6 is 7.60 Å². The highest BCUT2D eigenvalue weighted by Crippen LogP contribution is 2.42. The number of Topliss-reactive ketones (excluding diaryl/α,β-unsaturated/α-hetero) is 1. The molecule has 0 radical (unpaired) electrons. The fraction of sp³-hybridized carbons (Fsp3) is 0.364. The van der Waals surface area contributed by atoms with E-state index in [1.165, 1.54) is 6.92 Å². The van der Waals surface area contributed by atoms with Crippen LogP contribution < -0.4 is 0 Å². The molecule has 1 aromatic rings. The molecule has 0 saturated heterocycles. The van der Waals surface area contributed by atoms with Crippen molar-refractivity contribution in [2.75, 3.05) is 0 Å². The number of carbonyl (C=O) groups is 1. The predicted octanol–water partition coefficient (Wildman–Crippen LogP) is 2.13. The standard InChI is InChI=1S/C11H15O4P/c1-8-3-5-10(6-4-8)11(12)7-9(2)16(13,14)15/h3-6,9H,7H2,1-2H3,(H2,13,14,15). The highest BCUT2D eigenvalue weighted by atomic mass is 31.2. The van der Waals surface area contributed by atoms with Crippen LogP contribution in [0.1, 0.15) is 29.3 Å². The first-order valence-corrected chi connectivity index (χ1v) is 6.64. The lowest BCUT2D eigenvalue weighted by atomic mass is 10.1. The van der Waals surface area contributed by atoms with Gasteiger partial charge in [-0.25, -0.2) is 0 Å². The zero-order valence-corrected chi connectivity index (χ0v) is 10.1. The zero-order valence-electron chi connectivity index (χ0n) is 9.25. The van der Waals surface area contributed by atoms with E-state index in [0.717, 1.165) is 5.56 Å². The minimum Gasteiger partial charge on any atom is -0.324 e. The molecule has 2 N–H and O–H groups in total. The van der Waals surface area contributed by atoms with Crippen LogP contribution in [0, 0.1) is 6.92 Å². The van der Waals surface area contributed by atoms with E-state index < -0.39 is 13.3 Å². The molecule has 16 heavy (non-hydrogen) atoms. The van der Waals surface area contributed by atoms with Crippen LogP contribution in [0.15, 0.2) is 24.3 Å². The van der Waals surface area contributed by atoms with Gasteiger partial charge in [-0.1, -0.05) is 36.8 Å². The van der Waals surface area contributed by atoms with Gasteiger partial charge in [0.1, 0.15) is 0 Å². The fourth-order valence-corrected chi connectivity index (χ4v) is 1.65. The first-order valence-electron chi connectivity index (χ1n) is 4.96. The molecule has 0 aromatic heterocycles. The number of rotatable bonds is 4. The van der Waals surface area contributed by atoms with Crippen LogP contribution in [0.2, 0.25) is 0 Å². The average Bonchev–Trinajstić information content (AvgIpc) is 2.17. The van der Waals surface area contributed by atoms with Crippen LogP contribution in [0.5, 0.6) is 0 Å². The second kappa shape index (κ2) is 4.91. The molecule has 0 saturated carbocycles. The van der Waals surface area contributed by atoms with Gasteiger partial charge in [0.05, 0.1) is 5.66 Å². The molecule has 1 rings (SSSR count). The number of hydrogen-bond acceptors (Lipinski definition) is 2. The summed E-state index contributed by atoms with van der Waals surface area (Å²) in [4.78, 5) is 29.4. The Morgan fingerprint density at radius 3 is 2.25 bits per heavy atom. The van der Waals surface area contributed by atoms with Gasteiger partial charge in [0.25, 0.3) is 0 Å². The fourth-order valence-electron chi connectivity index (χ4n) is 1.24. The average molecular weight is 242 g/mol. The highest BCUT2D eigenvalue weighted by molar-refractivity contribution is 7.52. The van der Waals surface area contributed by atoms with E-state index in [9.17, 15) is 9.36 Å². The second-order valence-electron chi connectivity index (χ2n) is 3.93. The highest BCUT2D eigenvalue weighted by Gasteiger charge is 2.26. The van der Waals surface area contributed by atoms with Crippen LogP contribution in [0.3, 0.4) is 0 Å². The summed E-state index contributed by atoms with van der Waals surface area (Å²) in [7, 11) is -4.16. The maximum Gasteiger partial charge on any atom is 0.328 e. The lowest BCUT2D eigenvalue weighted by Crippen LogP contribution is -2.11. The Labute approximate surface area is 94.5 Å². The summed E-state index contributed by atoms with van der Waals surface area (Å²) in [6, 6.07) is 6.94. The summed E-state index contributed by atoms with van der Waals surface area (Å²) in [5, 5.41) is 0. The minimum atomic E-state index is -4.16. The van der Waals surface area contributed by atoms with Crippen molar-refractivity contribution < 1.29 is 19.1 Å². The van der Waals surface area contributed by atoms with Gasteiger partial charge in [-0.3, -0.25) is 9.36 Å². The molecule has 5 heteroatoms. The molecule has 0 spiro atoms. The normalized spacial score (nSPS) is 13.5. The van der Waals surface area contributed by atoms with Crippen molar-refractivity contribution in [3.63, 3.8) is 0 Å². The maximum atomic E-state index is 11.7. The second-order valence-corrected chi connectivity index (χ2v) is 5.99. The molecule has 0 fully saturated rings. The lowest BCUT2D eigenvalue weighted by Gasteiger charge is -2.12. The van der Waals surface area contributed by atoms with E-state index in [0.29, 0.717) is 5.56 Å². The third-order valence-corrected chi connectivity index (χ3v) is 3.76. The van der Waals surface area contributed by atoms with Gasteiger partial charge < -0.3 is 9.79 Å². The molecule has 88 valence electrons. The van der Waals surface area contributed by atoms with Gasteiger partial charge in [-0.05, 0) is 6.92 Å². The van der Waals surface area contributed by atoms with E-state index in [1.54, 1.807) is 24.3 Å². The topological polar surface area (TPSA) is 74.6 Å². The Balaban J connectivity index is 2.73. The summed E-state index contributed by atoms with van der Waals surface area (Å²) in [6.45, 7) is 3.29. The third-order valence-electron chi connectivity index (χ3n) is 2.43. The summed E-state index contributed by atoms with van der Waals surface area (Å²) >= 11 is 0. The molecular formula is C11H15O4P. The van der Waals surface area contributed by atoms with Crippen molar-refractivity contribution in [3.8, 4) is 0 Å². The van der Waals surface area contributed by atoms with Gasteiger partial charge in [0.15, 0.2) is 5.78 Å². The molecule has 0 amide bonds. The van der Waals surface area contributed by atoms with Crippen LogP contribution in [-0.4, -0.2) is 21.2 Å². The smallest absolute Gasteiger partial charge is 0.324 e. The van der Waals surface area contributed by atoms with Crippen molar-refractivity contribution in [1.82, 2.24) is 0 Å². The van der Waals surface area contributed by atoms with Crippen LogP contribution in [-0.2, 0) is 4.57 Å². The Morgan fingerprint density at radius 2 is 1.81 bits per heavy atom. The van der Waals surface area contributed by atoms with E-state index >= 15 is 0 Å². The molecule has 0 heterocycles. The van der Waals surface area contributed by atoms with Gasteiger partial charge in [0, 0.05) is 12.0 Å². The van der Waals surface area contributed by atoms with Crippen molar-refractivity contribution in [2.24, 2.45) is 0 Å². The van der Waals surface area contributed by atoms with Crippen molar-refractivity contribution >= 4 is 13.4 Å². The van der Waals surface area contributed by atoms with Gasteiger partial charge in [-0.15, -0.1) is 0 Å². The van der Waals surface area contributed by atoms with E-state index in [2.05, 4.69) is 0 Å². The maximum absolute atomic E-state index is 11.7. The Kier molecular flexibility index (Phi) is 4.03. The Hall–Kier alpha value is -0.960.